The van der Waals surface area contributed by atoms with Gasteiger partial charge in [-0.15, -0.1) is 11.3 Å². The van der Waals surface area contributed by atoms with Gasteiger partial charge in [0.25, 0.3) is 5.91 Å². The molecule has 20 heavy (non-hydrogen) atoms. The Morgan fingerprint density at radius 1 is 1.25 bits per heavy atom. The number of rotatable bonds is 6. The molecule has 0 atom stereocenters. The van der Waals surface area contributed by atoms with Crippen LogP contribution in [-0.2, 0) is 0 Å². The Bertz CT molecular complexity index is 551. The summed E-state index contributed by atoms with van der Waals surface area (Å²) in [5.41, 5.74) is 2.25. The van der Waals surface area contributed by atoms with E-state index < -0.39 is 0 Å². The largest absolute Gasteiger partial charge is 0.375 e. The molecule has 0 radical (unpaired) electrons. The van der Waals surface area contributed by atoms with Crippen LogP contribution < -0.4 is 10.2 Å². The highest BCUT2D eigenvalue weighted by molar-refractivity contribution is 7.12. The molecule has 0 bridgehead atoms. The van der Waals surface area contributed by atoms with Gasteiger partial charge in [-0.2, -0.15) is 0 Å². The zero-order valence-electron chi connectivity index (χ0n) is 11.9. The van der Waals surface area contributed by atoms with Crippen molar-refractivity contribution in [2.45, 2.75) is 13.3 Å². The van der Waals surface area contributed by atoms with Gasteiger partial charge in [0.05, 0.1) is 4.88 Å². The molecule has 0 aliphatic carbocycles. The minimum absolute atomic E-state index is 0.0415. The van der Waals surface area contributed by atoms with Crippen molar-refractivity contribution in [3.8, 4) is 0 Å². The third-order valence-corrected chi connectivity index (χ3v) is 4.24. The summed E-state index contributed by atoms with van der Waals surface area (Å²) in [6.45, 7) is 3.59. The van der Waals surface area contributed by atoms with Crippen molar-refractivity contribution in [3.05, 3.63) is 52.2 Å². The maximum absolute atomic E-state index is 11.9. The molecular formula is C16H20N2OS. The number of benzene rings is 1. The van der Waals surface area contributed by atoms with Crippen molar-refractivity contribution < 1.29 is 4.79 Å². The molecule has 1 amide bonds. The number of carbonyl (C=O) groups is 1. The first kappa shape index (κ1) is 14.6. The van der Waals surface area contributed by atoms with Gasteiger partial charge >= 0.3 is 0 Å². The van der Waals surface area contributed by atoms with Gasteiger partial charge in [0.2, 0.25) is 0 Å². The number of hydrogen-bond acceptors (Lipinski definition) is 3. The van der Waals surface area contributed by atoms with E-state index in [0.717, 1.165) is 23.4 Å². The molecule has 0 aliphatic heterocycles. The molecule has 0 unspecified atom stereocenters. The highest BCUT2D eigenvalue weighted by atomic mass is 32.1. The van der Waals surface area contributed by atoms with Crippen molar-refractivity contribution in [2.75, 3.05) is 25.0 Å². The van der Waals surface area contributed by atoms with Crippen LogP contribution in [0.5, 0.6) is 0 Å². The molecule has 0 saturated heterocycles. The zero-order valence-corrected chi connectivity index (χ0v) is 12.7. The van der Waals surface area contributed by atoms with E-state index >= 15 is 0 Å². The summed E-state index contributed by atoms with van der Waals surface area (Å²) < 4.78 is 0. The third-order valence-electron chi connectivity index (χ3n) is 3.22. The minimum Gasteiger partial charge on any atom is -0.375 e. The molecule has 1 heterocycles. The molecule has 0 aliphatic rings. The third kappa shape index (κ3) is 3.84. The average Bonchev–Trinajstić information content (AvgIpc) is 2.90. The fourth-order valence-corrected chi connectivity index (χ4v) is 2.86. The van der Waals surface area contributed by atoms with Gasteiger partial charge < -0.3 is 10.2 Å². The van der Waals surface area contributed by atoms with Crippen LogP contribution in [0.25, 0.3) is 0 Å². The van der Waals surface area contributed by atoms with Crippen molar-refractivity contribution in [1.82, 2.24) is 5.32 Å². The maximum atomic E-state index is 11.9. The molecule has 4 heteroatoms. The molecule has 2 aromatic rings. The SMILES string of the molecule is Cc1ccsc1C(=O)NCCCN(C)c1ccccc1. The van der Waals surface area contributed by atoms with Crippen molar-refractivity contribution in [2.24, 2.45) is 0 Å². The Morgan fingerprint density at radius 3 is 2.65 bits per heavy atom. The Hall–Kier alpha value is -1.81. The standard InChI is InChI=1S/C16H20N2OS/c1-13-9-12-20-15(13)16(19)17-10-6-11-18(2)14-7-4-3-5-8-14/h3-5,7-9,12H,6,10-11H2,1-2H3,(H,17,19). The molecule has 0 saturated carbocycles. The van der Waals surface area contributed by atoms with E-state index in [4.69, 9.17) is 0 Å². The van der Waals surface area contributed by atoms with Crippen LogP contribution in [0.15, 0.2) is 41.8 Å². The Labute approximate surface area is 124 Å². The number of thiophene rings is 1. The summed E-state index contributed by atoms with van der Waals surface area (Å²) in [7, 11) is 2.07. The highest BCUT2D eigenvalue weighted by Crippen LogP contribution is 2.15. The van der Waals surface area contributed by atoms with Crippen LogP contribution in [0.1, 0.15) is 21.7 Å². The lowest BCUT2D eigenvalue weighted by molar-refractivity contribution is 0.0957. The number of aryl methyl sites for hydroxylation is 1. The second kappa shape index (κ2) is 7.10. The first-order chi connectivity index (χ1) is 9.68. The van der Waals surface area contributed by atoms with Gasteiger partial charge in [-0.3, -0.25) is 4.79 Å². The second-order valence-electron chi connectivity index (χ2n) is 4.80. The molecule has 1 N–H and O–H groups in total. The molecule has 0 fully saturated rings. The fraction of sp³-hybridized carbons (Fsp3) is 0.312. The van der Waals surface area contributed by atoms with Crippen LogP contribution in [0, 0.1) is 6.92 Å². The lowest BCUT2D eigenvalue weighted by Crippen LogP contribution is -2.28. The van der Waals surface area contributed by atoms with Crippen molar-refractivity contribution in [1.29, 1.82) is 0 Å². The molecular weight excluding hydrogens is 268 g/mol. The van der Waals surface area contributed by atoms with Gasteiger partial charge in [-0.25, -0.2) is 0 Å². The number of anilines is 1. The van der Waals surface area contributed by atoms with E-state index in [1.807, 2.05) is 36.6 Å². The predicted molar refractivity (Wildman–Crippen MR) is 85.7 cm³/mol. The number of nitrogens with one attached hydrogen (secondary N) is 1. The summed E-state index contributed by atoms with van der Waals surface area (Å²) in [5, 5.41) is 4.93. The summed E-state index contributed by atoms with van der Waals surface area (Å²) in [4.78, 5) is 14.9. The number of amides is 1. The van der Waals surface area contributed by atoms with Crippen LogP contribution >= 0.6 is 11.3 Å². The summed E-state index contributed by atoms with van der Waals surface area (Å²) in [5.74, 6) is 0.0415. The van der Waals surface area contributed by atoms with Crippen molar-refractivity contribution in [3.63, 3.8) is 0 Å². The van der Waals surface area contributed by atoms with E-state index in [2.05, 4.69) is 29.4 Å². The average molecular weight is 288 g/mol. The Kier molecular flexibility index (Phi) is 5.18. The second-order valence-corrected chi connectivity index (χ2v) is 5.72. The van der Waals surface area contributed by atoms with E-state index in [9.17, 15) is 4.79 Å². The smallest absolute Gasteiger partial charge is 0.261 e. The number of para-hydroxylation sites is 1. The summed E-state index contributed by atoms with van der Waals surface area (Å²) in [6.07, 6.45) is 0.932. The monoisotopic (exact) mass is 288 g/mol. The zero-order chi connectivity index (χ0) is 14.4. The van der Waals surface area contributed by atoms with Crippen LogP contribution in [0.3, 0.4) is 0 Å². The van der Waals surface area contributed by atoms with Gasteiger partial charge in [-0.05, 0) is 42.5 Å². The topological polar surface area (TPSA) is 32.3 Å². The summed E-state index contributed by atoms with van der Waals surface area (Å²) in [6, 6.07) is 12.2. The Morgan fingerprint density at radius 2 is 2.00 bits per heavy atom. The quantitative estimate of drug-likeness (QED) is 0.827. The maximum Gasteiger partial charge on any atom is 0.261 e. The van der Waals surface area contributed by atoms with Crippen LogP contribution in [-0.4, -0.2) is 26.0 Å². The van der Waals surface area contributed by atoms with E-state index in [1.165, 1.54) is 17.0 Å². The van der Waals surface area contributed by atoms with Gasteiger partial charge in [0.15, 0.2) is 0 Å². The molecule has 1 aromatic carbocycles. The number of hydrogen-bond donors (Lipinski definition) is 1. The lowest BCUT2D eigenvalue weighted by atomic mass is 10.2. The van der Waals surface area contributed by atoms with Crippen LogP contribution in [0.2, 0.25) is 0 Å². The first-order valence-corrected chi connectivity index (χ1v) is 7.65. The van der Waals surface area contributed by atoms with Crippen LogP contribution in [0.4, 0.5) is 5.69 Å². The van der Waals surface area contributed by atoms with E-state index in [0.29, 0.717) is 6.54 Å². The Balaban J connectivity index is 1.72. The molecule has 1 aromatic heterocycles. The first-order valence-electron chi connectivity index (χ1n) is 6.77. The number of nitrogens with zero attached hydrogens (tertiary/aromatic N) is 1. The molecule has 0 spiro atoms. The predicted octanol–water partition coefficient (Wildman–Crippen LogP) is 3.31. The molecule has 3 nitrogen and oxygen atoms in total. The van der Waals surface area contributed by atoms with Gasteiger partial charge in [0.1, 0.15) is 0 Å². The lowest BCUT2D eigenvalue weighted by Gasteiger charge is -2.19. The van der Waals surface area contributed by atoms with Gasteiger partial charge in [-0.1, -0.05) is 18.2 Å². The van der Waals surface area contributed by atoms with Gasteiger partial charge in [0, 0.05) is 25.8 Å². The van der Waals surface area contributed by atoms with Crippen molar-refractivity contribution >= 4 is 22.9 Å². The van der Waals surface area contributed by atoms with E-state index in [-0.39, 0.29) is 5.91 Å². The molecule has 2 rings (SSSR count). The minimum atomic E-state index is 0.0415. The highest BCUT2D eigenvalue weighted by Gasteiger charge is 2.09. The molecule has 106 valence electrons. The van der Waals surface area contributed by atoms with E-state index in [1.54, 1.807) is 0 Å². The number of carbonyl (C=O) groups excluding carboxylic acids is 1. The fourth-order valence-electron chi connectivity index (χ4n) is 2.02. The summed E-state index contributed by atoms with van der Waals surface area (Å²) >= 11 is 1.50. The normalized spacial score (nSPS) is 10.3.